The van der Waals surface area contributed by atoms with Crippen molar-refractivity contribution in [2.75, 3.05) is 5.32 Å². The van der Waals surface area contributed by atoms with Crippen molar-refractivity contribution in [3.05, 3.63) is 69.0 Å². The summed E-state index contributed by atoms with van der Waals surface area (Å²) in [4.78, 5) is 19.2. The second-order valence-electron chi connectivity index (χ2n) is 6.47. The summed E-state index contributed by atoms with van der Waals surface area (Å²) in [6.07, 6.45) is -3.84. The minimum absolute atomic E-state index is 0.212. The number of nitrogens with one attached hydrogen (secondary N) is 1. The van der Waals surface area contributed by atoms with Crippen LogP contribution in [0.3, 0.4) is 0 Å². The molecule has 3 aromatic heterocycles. The van der Waals surface area contributed by atoms with E-state index in [9.17, 15) is 18.0 Å². The number of anilines is 1. The van der Waals surface area contributed by atoms with Gasteiger partial charge in [-0.2, -0.15) is 18.3 Å². The van der Waals surface area contributed by atoms with Gasteiger partial charge in [0.05, 0.1) is 23.1 Å². The molecule has 3 heterocycles. The van der Waals surface area contributed by atoms with Crippen molar-refractivity contribution < 1.29 is 18.0 Å². The van der Waals surface area contributed by atoms with Gasteiger partial charge >= 0.3 is 6.18 Å². The standard InChI is InChI=1S/C20H15F3N4OS2/c1-11-8-14(12(2)30-11)16-10-29-19(25-16)26-18(28)15-9-24-27(17(15)20(21,22)23)13-6-4-3-5-7-13/h3-10H,1-2H3,(H,25,26,28). The summed E-state index contributed by atoms with van der Waals surface area (Å²) in [5.74, 6) is -0.913. The zero-order chi connectivity index (χ0) is 21.5. The number of para-hydroxylation sites is 1. The van der Waals surface area contributed by atoms with Gasteiger partial charge in [0.2, 0.25) is 0 Å². The van der Waals surface area contributed by atoms with Gasteiger partial charge in [0, 0.05) is 20.7 Å². The summed E-state index contributed by atoms with van der Waals surface area (Å²) >= 11 is 2.79. The molecule has 1 N–H and O–H groups in total. The third-order valence-corrected chi connectivity index (χ3v) is 6.05. The van der Waals surface area contributed by atoms with E-state index < -0.39 is 23.3 Å². The third kappa shape index (κ3) is 3.88. The highest BCUT2D eigenvalue weighted by Crippen LogP contribution is 2.35. The summed E-state index contributed by atoms with van der Waals surface area (Å²) in [7, 11) is 0. The SMILES string of the molecule is Cc1cc(-c2csc(NC(=O)c3cnn(-c4ccccc4)c3C(F)(F)F)n2)c(C)s1. The first kappa shape index (κ1) is 20.3. The van der Waals surface area contributed by atoms with E-state index in [0.717, 1.165) is 37.5 Å². The van der Waals surface area contributed by atoms with Gasteiger partial charge in [0.15, 0.2) is 10.8 Å². The molecular formula is C20H15F3N4OS2. The number of hydrogen-bond donors (Lipinski definition) is 1. The fraction of sp³-hybridized carbons (Fsp3) is 0.150. The average molecular weight is 448 g/mol. The van der Waals surface area contributed by atoms with Gasteiger partial charge in [0.25, 0.3) is 5.91 Å². The van der Waals surface area contributed by atoms with Crippen molar-refractivity contribution in [1.29, 1.82) is 0 Å². The molecule has 0 aliphatic carbocycles. The van der Waals surface area contributed by atoms with E-state index in [1.165, 1.54) is 12.1 Å². The monoisotopic (exact) mass is 448 g/mol. The molecule has 0 aliphatic rings. The molecule has 5 nitrogen and oxygen atoms in total. The number of carbonyl (C=O) groups is 1. The lowest BCUT2D eigenvalue weighted by Crippen LogP contribution is -2.20. The molecule has 1 aromatic carbocycles. The Morgan fingerprint density at radius 2 is 1.90 bits per heavy atom. The molecule has 0 bridgehead atoms. The van der Waals surface area contributed by atoms with Crippen molar-refractivity contribution in [2.24, 2.45) is 0 Å². The summed E-state index contributed by atoms with van der Waals surface area (Å²) in [6, 6.07) is 9.85. The number of carbonyl (C=O) groups excluding carboxylic acids is 1. The summed E-state index contributed by atoms with van der Waals surface area (Å²) < 4.78 is 42.0. The number of aryl methyl sites for hydroxylation is 2. The number of halogens is 3. The third-order valence-electron chi connectivity index (χ3n) is 4.32. The largest absolute Gasteiger partial charge is 0.434 e. The van der Waals surface area contributed by atoms with Crippen LogP contribution in [0.1, 0.15) is 25.8 Å². The van der Waals surface area contributed by atoms with Gasteiger partial charge in [0.1, 0.15) is 0 Å². The van der Waals surface area contributed by atoms with Crippen molar-refractivity contribution in [1.82, 2.24) is 14.8 Å². The number of aromatic nitrogens is 3. The van der Waals surface area contributed by atoms with Crippen LogP contribution in [0.4, 0.5) is 18.3 Å². The van der Waals surface area contributed by atoms with E-state index in [-0.39, 0.29) is 10.8 Å². The Bertz CT molecular complexity index is 1210. The minimum Gasteiger partial charge on any atom is -0.298 e. The number of benzene rings is 1. The zero-order valence-electron chi connectivity index (χ0n) is 15.8. The van der Waals surface area contributed by atoms with Gasteiger partial charge in [-0.3, -0.25) is 10.1 Å². The molecule has 0 saturated heterocycles. The zero-order valence-corrected chi connectivity index (χ0v) is 17.5. The number of thiophene rings is 1. The van der Waals surface area contributed by atoms with E-state index in [1.807, 2.05) is 19.9 Å². The molecule has 0 fully saturated rings. The van der Waals surface area contributed by atoms with Crippen molar-refractivity contribution in [3.8, 4) is 16.9 Å². The smallest absolute Gasteiger partial charge is 0.298 e. The molecule has 4 rings (SSSR count). The van der Waals surface area contributed by atoms with Gasteiger partial charge in [-0.25, -0.2) is 9.67 Å². The minimum atomic E-state index is -4.77. The maximum Gasteiger partial charge on any atom is 0.434 e. The topological polar surface area (TPSA) is 59.8 Å². The van der Waals surface area contributed by atoms with E-state index in [2.05, 4.69) is 15.4 Å². The molecule has 0 spiro atoms. The van der Waals surface area contributed by atoms with Gasteiger partial charge in [-0.15, -0.1) is 22.7 Å². The molecule has 10 heteroatoms. The van der Waals surface area contributed by atoms with Crippen molar-refractivity contribution in [3.63, 3.8) is 0 Å². The highest BCUT2D eigenvalue weighted by atomic mass is 32.1. The molecule has 4 aromatic rings. The quantitative estimate of drug-likeness (QED) is 0.420. The Balaban J connectivity index is 1.65. The van der Waals surface area contributed by atoms with Crippen LogP contribution < -0.4 is 5.32 Å². The number of thiazole rings is 1. The van der Waals surface area contributed by atoms with Crippen LogP contribution in [0.2, 0.25) is 0 Å². The van der Waals surface area contributed by atoms with E-state index >= 15 is 0 Å². The maximum atomic E-state index is 13.7. The van der Waals surface area contributed by atoms with Crippen LogP contribution in [-0.4, -0.2) is 20.7 Å². The second kappa shape index (κ2) is 7.69. The van der Waals surface area contributed by atoms with Crippen molar-refractivity contribution in [2.45, 2.75) is 20.0 Å². The maximum absolute atomic E-state index is 13.7. The van der Waals surface area contributed by atoms with Crippen LogP contribution in [0, 0.1) is 13.8 Å². The molecule has 0 atom stereocenters. The van der Waals surface area contributed by atoms with Crippen molar-refractivity contribution >= 4 is 33.7 Å². The average Bonchev–Trinajstić information content (AvgIpc) is 3.40. The Hall–Kier alpha value is -2.98. The normalized spacial score (nSPS) is 11.6. The summed E-state index contributed by atoms with van der Waals surface area (Å²) in [5.41, 5.74) is 0.136. The predicted molar refractivity (Wildman–Crippen MR) is 111 cm³/mol. The Morgan fingerprint density at radius 1 is 1.17 bits per heavy atom. The first-order chi connectivity index (χ1) is 14.2. The van der Waals surface area contributed by atoms with Crippen LogP contribution in [0.5, 0.6) is 0 Å². The lowest BCUT2D eigenvalue weighted by Gasteiger charge is -2.12. The number of amides is 1. The molecule has 30 heavy (non-hydrogen) atoms. The molecule has 1 amide bonds. The van der Waals surface area contributed by atoms with Gasteiger partial charge in [-0.05, 0) is 32.0 Å². The first-order valence-corrected chi connectivity index (χ1v) is 10.5. The number of alkyl halides is 3. The fourth-order valence-corrected chi connectivity index (χ4v) is 4.70. The van der Waals surface area contributed by atoms with E-state index in [1.54, 1.807) is 34.9 Å². The summed E-state index contributed by atoms with van der Waals surface area (Å²) in [5, 5.41) is 8.26. The Kier molecular flexibility index (Phi) is 5.20. The Labute approximate surface area is 177 Å². The van der Waals surface area contributed by atoms with Crippen LogP contribution in [0.25, 0.3) is 16.9 Å². The fourth-order valence-electron chi connectivity index (χ4n) is 3.06. The lowest BCUT2D eigenvalue weighted by molar-refractivity contribution is -0.143. The predicted octanol–water partition coefficient (Wildman–Crippen LogP) is 5.95. The van der Waals surface area contributed by atoms with Crippen LogP contribution in [0.15, 0.2) is 48.0 Å². The summed E-state index contributed by atoms with van der Waals surface area (Å²) in [6.45, 7) is 3.96. The van der Waals surface area contributed by atoms with Crippen LogP contribution >= 0.6 is 22.7 Å². The molecule has 0 aliphatic heterocycles. The molecule has 154 valence electrons. The molecular weight excluding hydrogens is 433 g/mol. The Morgan fingerprint density at radius 3 is 2.53 bits per heavy atom. The second-order valence-corrected chi connectivity index (χ2v) is 8.79. The lowest BCUT2D eigenvalue weighted by atomic mass is 10.2. The highest BCUT2D eigenvalue weighted by molar-refractivity contribution is 7.14. The number of rotatable bonds is 4. The number of hydrogen-bond acceptors (Lipinski definition) is 5. The van der Waals surface area contributed by atoms with E-state index in [4.69, 9.17) is 0 Å². The van der Waals surface area contributed by atoms with Crippen LogP contribution in [-0.2, 0) is 6.18 Å². The molecule has 0 saturated carbocycles. The van der Waals surface area contributed by atoms with E-state index in [0.29, 0.717) is 5.69 Å². The first-order valence-electron chi connectivity index (χ1n) is 8.79. The molecule has 0 unspecified atom stereocenters. The highest BCUT2D eigenvalue weighted by Gasteiger charge is 2.40. The van der Waals surface area contributed by atoms with Gasteiger partial charge in [-0.1, -0.05) is 18.2 Å². The van der Waals surface area contributed by atoms with Gasteiger partial charge < -0.3 is 0 Å². The number of nitrogens with zero attached hydrogens (tertiary/aromatic N) is 3. The molecule has 0 radical (unpaired) electrons.